The van der Waals surface area contributed by atoms with Crippen LogP contribution >= 0.6 is 0 Å². The second-order valence-electron chi connectivity index (χ2n) is 5.43. The van der Waals surface area contributed by atoms with Crippen molar-refractivity contribution in [3.63, 3.8) is 0 Å². The smallest absolute Gasteiger partial charge is 0.410 e. The van der Waals surface area contributed by atoms with Crippen LogP contribution < -0.4 is 5.11 Å². The van der Waals surface area contributed by atoms with E-state index in [-0.39, 0.29) is 19.7 Å². The minimum Gasteiger partial charge on any atom is -0.549 e. The molecule has 0 aliphatic carbocycles. The van der Waals surface area contributed by atoms with Gasteiger partial charge in [0.15, 0.2) is 0 Å². The van der Waals surface area contributed by atoms with Crippen molar-refractivity contribution in [1.29, 1.82) is 0 Å². The van der Waals surface area contributed by atoms with E-state index < -0.39 is 29.0 Å². The summed E-state index contributed by atoms with van der Waals surface area (Å²) < 4.78 is 9.78. The van der Waals surface area contributed by atoms with E-state index in [0.29, 0.717) is 0 Å². The first-order valence-electron chi connectivity index (χ1n) is 5.99. The molecule has 1 rings (SSSR count). The predicted octanol–water partition coefficient (Wildman–Crippen LogP) is -0.463. The van der Waals surface area contributed by atoms with E-state index >= 15 is 0 Å². The van der Waals surface area contributed by atoms with Crippen LogP contribution in [0.25, 0.3) is 0 Å². The molecule has 0 unspecified atom stereocenters. The number of carbonyl (C=O) groups is 3. The summed E-state index contributed by atoms with van der Waals surface area (Å²) in [5, 5.41) is 11.1. The highest BCUT2D eigenvalue weighted by molar-refractivity contribution is 6.01. The predicted molar refractivity (Wildman–Crippen MR) is 61.9 cm³/mol. The Morgan fingerprint density at radius 1 is 1.26 bits per heavy atom. The van der Waals surface area contributed by atoms with Gasteiger partial charge in [0.25, 0.3) is 0 Å². The maximum atomic E-state index is 11.7. The average molecular weight is 272 g/mol. The number of nitrogens with zero attached hydrogens (tertiary/aromatic N) is 1. The van der Waals surface area contributed by atoms with Crippen molar-refractivity contribution < 1.29 is 29.0 Å². The highest BCUT2D eigenvalue weighted by Gasteiger charge is 2.54. The number of hydrogen-bond donors (Lipinski definition) is 0. The third-order valence-electron chi connectivity index (χ3n) is 2.63. The van der Waals surface area contributed by atoms with E-state index in [1.807, 2.05) is 0 Å². The first kappa shape index (κ1) is 15.3. The van der Waals surface area contributed by atoms with Gasteiger partial charge < -0.3 is 24.3 Å². The van der Waals surface area contributed by atoms with Gasteiger partial charge in [0, 0.05) is 13.1 Å². The molecule has 0 N–H and O–H groups in total. The summed E-state index contributed by atoms with van der Waals surface area (Å²) in [5.74, 6) is -2.42. The number of esters is 1. The Labute approximate surface area is 111 Å². The van der Waals surface area contributed by atoms with Crippen LogP contribution in [0.3, 0.4) is 0 Å². The van der Waals surface area contributed by atoms with Crippen LogP contribution in [0.2, 0.25) is 0 Å². The molecule has 108 valence electrons. The van der Waals surface area contributed by atoms with Crippen LogP contribution in [-0.4, -0.2) is 48.2 Å². The number of hydrogen-bond acceptors (Lipinski definition) is 6. The van der Waals surface area contributed by atoms with Crippen LogP contribution in [0.4, 0.5) is 4.79 Å². The molecule has 0 radical (unpaired) electrons. The molecule has 0 spiro atoms. The minimum atomic E-state index is -1.77. The van der Waals surface area contributed by atoms with Crippen molar-refractivity contribution in [2.24, 2.45) is 5.41 Å². The van der Waals surface area contributed by atoms with E-state index in [4.69, 9.17) is 9.47 Å². The zero-order valence-corrected chi connectivity index (χ0v) is 11.5. The van der Waals surface area contributed by atoms with Gasteiger partial charge in [0.2, 0.25) is 0 Å². The number of aliphatic carboxylic acids is 1. The number of ether oxygens (including phenoxy) is 2. The second-order valence-corrected chi connectivity index (χ2v) is 5.43. The van der Waals surface area contributed by atoms with Crippen molar-refractivity contribution >= 4 is 18.0 Å². The first-order chi connectivity index (χ1) is 8.62. The SMILES string of the molecule is CCOC(=O)C1(C(=O)[O-])CN(C(=O)OC(C)(C)C)C1. The van der Waals surface area contributed by atoms with Crippen molar-refractivity contribution in [2.45, 2.75) is 33.3 Å². The van der Waals surface area contributed by atoms with Gasteiger partial charge in [-0.3, -0.25) is 4.79 Å². The lowest BCUT2D eigenvalue weighted by molar-refractivity contribution is -0.323. The van der Waals surface area contributed by atoms with Gasteiger partial charge in [-0.2, -0.15) is 0 Å². The summed E-state index contributed by atoms with van der Waals surface area (Å²) in [5.41, 5.74) is -2.45. The molecule has 1 aliphatic rings. The molecule has 0 aromatic rings. The summed E-state index contributed by atoms with van der Waals surface area (Å²) in [6, 6.07) is 0. The molecular weight excluding hydrogens is 254 g/mol. The summed E-state index contributed by atoms with van der Waals surface area (Å²) in [6.45, 7) is 6.16. The summed E-state index contributed by atoms with van der Waals surface area (Å²) in [7, 11) is 0. The van der Waals surface area contributed by atoms with Crippen LogP contribution in [0.1, 0.15) is 27.7 Å². The number of carbonyl (C=O) groups excluding carboxylic acids is 3. The topological polar surface area (TPSA) is 96.0 Å². The zero-order chi connectivity index (χ0) is 14.8. The van der Waals surface area contributed by atoms with Gasteiger partial charge in [-0.1, -0.05) is 0 Å². The fourth-order valence-electron chi connectivity index (χ4n) is 1.67. The Hall–Kier alpha value is -1.79. The Bertz CT molecular complexity index is 392. The highest BCUT2D eigenvalue weighted by Crippen LogP contribution is 2.32. The highest BCUT2D eigenvalue weighted by atomic mass is 16.6. The van der Waals surface area contributed by atoms with Gasteiger partial charge in [0.05, 0.1) is 12.6 Å². The molecule has 7 heteroatoms. The molecule has 1 amide bonds. The van der Waals surface area contributed by atoms with Gasteiger partial charge in [-0.25, -0.2) is 4.79 Å². The molecule has 1 aliphatic heterocycles. The summed E-state index contributed by atoms with van der Waals surface area (Å²) in [6.07, 6.45) is -0.659. The van der Waals surface area contributed by atoms with E-state index in [1.54, 1.807) is 27.7 Å². The lowest BCUT2D eigenvalue weighted by Crippen LogP contribution is -2.69. The molecule has 19 heavy (non-hydrogen) atoms. The number of rotatable bonds is 3. The normalized spacial score (nSPS) is 17.4. The lowest BCUT2D eigenvalue weighted by Gasteiger charge is -2.47. The molecule has 7 nitrogen and oxygen atoms in total. The van der Waals surface area contributed by atoms with Crippen LogP contribution in [-0.2, 0) is 19.1 Å². The van der Waals surface area contributed by atoms with Crippen LogP contribution in [0.5, 0.6) is 0 Å². The molecule has 1 saturated heterocycles. The van der Waals surface area contributed by atoms with E-state index in [9.17, 15) is 19.5 Å². The number of carboxylic acids is 1. The maximum Gasteiger partial charge on any atom is 0.410 e. The van der Waals surface area contributed by atoms with Crippen molar-refractivity contribution in [1.82, 2.24) is 4.90 Å². The third kappa shape index (κ3) is 3.15. The molecule has 0 saturated carbocycles. The second kappa shape index (κ2) is 5.07. The number of likely N-dealkylation sites (tertiary alicyclic amines) is 1. The molecule has 0 atom stereocenters. The van der Waals surface area contributed by atoms with Gasteiger partial charge in [-0.05, 0) is 27.7 Å². The van der Waals surface area contributed by atoms with Crippen LogP contribution in [0.15, 0.2) is 0 Å². The summed E-state index contributed by atoms with van der Waals surface area (Å²) in [4.78, 5) is 35.5. The van der Waals surface area contributed by atoms with Crippen molar-refractivity contribution in [2.75, 3.05) is 19.7 Å². The Balaban J connectivity index is 2.68. The monoisotopic (exact) mass is 272 g/mol. The van der Waals surface area contributed by atoms with Crippen molar-refractivity contribution in [3.05, 3.63) is 0 Å². The molecule has 0 aromatic heterocycles. The zero-order valence-electron chi connectivity index (χ0n) is 11.5. The van der Waals surface area contributed by atoms with E-state index in [1.165, 1.54) is 0 Å². The fraction of sp³-hybridized carbons (Fsp3) is 0.750. The molecule has 1 fully saturated rings. The Morgan fingerprint density at radius 3 is 2.16 bits per heavy atom. The first-order valence-corrected chi connectivity index (χ1v) is 5.99. The fourth-order valence-corrected chi connectivity index (χ4v) is 1.67. The number of carboxylic acid groups (broad SMARTS) is 1. The molecule has 0 aromatic carbocycles. The van der Waals surface area contributed by atoms with Gasteiger partial charge in [-0.15, -0.1) is 0 Å². The number of amides is 1. The Kier molecular flexibility index (Phi) is 4.07. The van der Waals surface area contributed by atoms with Gasteiger partial charge >= 0.3 is 12.1 Å². The average Bonchev–Trinajstić information content (AvgIpc) is 2.12. The quantitative estimate of drug-likeness (QED) is 0.509. The van der Waals surface area contributed by atoms with Crippen molar-refractivity contribution in [3.8, 4) is 0 Å². The standard InChI is InChI=1S/C12H19NO6/c1-5-18-9(16)12(8(14)15)6-13(7-12)10(17)19-11(2,3)4/h5-7H2,1-4H3,(H,14,15)/p-1. The van der Waals surface area contributed by atoms with E-state index in [0.717, 1.165) is 4.90 Å². The van der Waals surface area contributed by atoms with E-state index in [2.05, 4.69) is 0 Å². The minimum absolute atomic E-state index is 0.0697. The molecule has 0 bridgehead atoms. The van der Waals surface area contributed by atoms with Crippen LogP contribution in [0, 0.1) is 5.41 Å². The molecule has 1 heterocycles. The largest absolute Gasteiger partial charge is 0.549 e. The third-order valence-corrected chi connectivity index (χ3v) is 2.63. The lowest BCUT2D eigenvalue weighted by atomic mass is 9.80. The maximum absolute atomic E-state index is 11.7. The Morgan fingerprint density at radius 2 is 1.79 bits per heavy atom. The summed E-state index contributed by atoms with van der Waals surface area (Å²) >= 11 is 0. The van der Waals surface area contributed by atoms with Gasteiger partial charge in [0.1, 0.15) is 11.0 Å². The molecular formula is C12H18NO6-.